The molecule has 0 atom stereocenters. The lowest BCUT2D eigenvalue weighted by atomic mass is 10.1. The number of hydrogen-bond acceptors (Lipinski definition) is 6. The summed E-state index contributed by atoms with van der Waals surface area (Å²) in [5.41, 5.74) is -0.207. The van der Waals surface area contributed by atoms with Gasteiger partial charge in [0.05, 0.1) is 6.20 Å². The quantitative estimate of drug-likeness (QED) is 0.435. The molecule has 0 saturated carbocycles. The van der Waals surface area contributed by atoms with Gasteiger partial charge < -0.3 is 14.2 Å². The highest BCUT2D eigenvalue weighted by Gasteiger charge is 2.28. The van der Waals surface area contributed by atoms with Crippen molar-refractivity contribution in [1.82, 2.24) is 20.0 Å². The lowest BCUT2D eigenvalue weighted by Crippen LogP contribution is -2.14. The van der Waals surface area contributed by atoms with Crippen molar-refractivity contribution in [2.24, 2.45) is 0 Å². The molecule has 3 heterocycles. The maximum atomic E-state index is 13.6. The fourth-order valence-corrected chi connectivity index (χ4v) is 2.91. The van der Waals surface area contributed by atoms with Crippen LogP contribution in [0.15, 0.2) is 45.4 Å². The molecule has 1 aromatic carbocycles. The molecule has 166 valence electrons. The van der Waals surface area contributed by atoms with Crippen molar-refractivity contribution >= 4 is 11.7 Å². The van der Waals surface area contributed by atoms with Crippen LogP contribution in [0.5, 0.6) is 0 Å². The second-order valence-corrected chi connectivity index (χ2v) is 6.94. The third kappa shape index (κ3) is 4.53. The van der Waals surface area contributed by atoms with Gasteiger partial charge in [-0.15, -0.1) is 5.10 Å². The van der Waals surface area contributed by atoms with Gasteiger partial charge in [0, 0.05) is 25.5 Å². The largest absolute Gasteiger partial charge is 0.458 e. The maximum Gasteiger partial charge on any atom is 0.301 e. The van der Waals surface area contributed by atoms with Crippen LogP contribution in [0.25, 0.3) is 11.3 Å². The second kappa shape index (κ2) is 7.94. The highest BCUT2D eigenvalue weighted by atomic mass is 19.3. The van der Waals surface area contributed by atoms with Gasteiger partial charge in [-0.2, -0.15) is 18.7 Å². The minimum absolute atomic E-state index is 0.00162. The molecule has 32 heavy (non-hydrogen) atoms. The molecule has 3 aromatic heterocycles. The summed E-state index contributed by atoms with van der Waals surface area (Å²) in [6.45, 7) is 2.14. The standard InChI is InChI=1S/C20H15F4N5O3/c1-10-26-17(18(31-10)11-5-12(21)7-13(22)6-11)19(30)27-16-8-25-29(28-16)9-14-3-4-15(32-14)20(2,23)24/h3-8H,9H2,1-2H3,(H,27,28,30). The Morgan fingerprint density at radius 2 is 1.88 bits per heavy atom. The van der Waals surface area contributed by atoms with Crippen molar-refractivity contribution in [2.45, 2.75) is 26.3 Å². The summed E-state index contributed by atoms with van der Waals surface area (Å²) in [4.78, 5) is 17.8. The number of alkyl halides is 2. The van der Waals surface area contributed by atoms with E-state index >= 15 is 0 Å². The first-order valence-electron chi connectivity index (χ1n) is 9.21. The zero-order valence-corrected chi connectivity index (χ0v) is 16.7. The summed E-state index contributed by atoms with van der Waals surface area (Å²) in [6.07, 6.45) is 1.23. The summed E-state index contributed by atoms with van der Waals surface area (Å²) in [5, 5.41) is 10.4. The Kier molecular flexibility index (Phi) is 5.28. The van der Waals surface area contributed by atoms with E-state index < -0.39 is 29.2 Å². The topological polar surface area (TPSA) is 99.0 Å². The number of hydrogen-bond donors (Lipinski definition) is 1. The number of oxazole rings is 1. The van der Waals surface area contributed by atoms with Crippen LogP contribution in [0.1, 0.15) is 34.8 Å². The first kappa shape index (κ1) is 21.3. The highest BCUT2D eigenvalue weighted by Crippen LogP contribution is 2.29. The molecule has 4 aromatic rings. The number of carbonyl (C=O) groups excluding carboxylic acids is 1. The monoisotopic (exact) mass is 449 g/mol. The van der Waals surface area contributed by atoms with Gasteiger partial charge in [0.1, 0.15) is 23.9 Å². The van der Waals surface area contributed by atoms with Crippen LogP contribution in [0.4, 0.5) is 23.4 Å². The molecule has 1 amide bonds. The minimum Gasteiger partial charge on any atom is -0.458 e. The minimum atomic E-state index is -3.12. The van der Waals surface area contributed by atoms with Crippen LogP contribution in [0, 0.1) is 18.6 Å². The Morgan fingerprint density at radius 1 is 1.16 bits per heavy atom. The van der Waals surface area contributed by atoms with Gasteiger partial charge >= 0.3 is 5.92 Å². The van der Waals surface area contributed by atoms with Gasteiger partial charge in [0.25, 0.3) is 5.91 Å². The fourth-order valence-electron chi connectivity index (χ4n) is 2.91. The molecule has 0 unspecified atom stereocenters. The summed E-state index contributed by atoms with van der Waals surface area (Å²) < 4.78 is 64.2. The zero-order chi connectivity index (χ0) is 23.0. The Hall–Kier alpha value is -3.96. The molecule has 0 aliphatic carbocycles. The number of nitrogens with zero attached hydrogens (tertiary/aromatic N) is 4. The predicted molar refractivity (Wildman–Crippen MR) is 102 cm³/mol. The molecule has 0 aliphatic heterocycles. The summed E-state index contributed by atoms with van der Waals surface area (Å²) in [5.74, 6) is -5.83. The van der Waals surface area contributed by atoms with Crippen molar-refractivity contribution in [3.8, 4) is 11.3 Å². The van der Waals surface area contributed by atoms with E-state index in [9.17, 15) is 22.4 Å². The van der Waals surface area contributed by atoms with Crippen LogP contribution in [-0.2, 0) is 12.5 Å². The van der Waals surface area contributed by atoms with Gasteiger partial charge in [-0.3, -0.25) is 4.79 Å². The first-order valence-corrected chi connectivity index (χ1v) is 9.21. The molecule has 0 aliphatic rings. The highest BCUT2D eigenvalue weighted by molar-refractivity contribution is 6.05. The van der Waals surface area contributed by atoms with Gasteiger partial charge in [0.15, 0.2) is 28.9 Å². The van der Waals surface area contributed by atoms with Gasteiger partial charge in [-0.1, -0.05) is 0 Å². The van der Waals surface area contributed by atoms with E-state index in [1.54, 1.807) is 0 Å². The van der Waals surface area contributed by atoms with Crippen LogP contribution >= 0.6 is 0 Å². The summed E-state index contributed by atoms with van der Waals surface area (Å²) >= 11 is 0. The number of carbonyl (C=O) groups is 1. The number of nitrogens with one attached hydrogen (secondary N) is 1. The number of halogens is 4. The van der Waals surface area contributed by atoms with E-state index in [-0.39, 0.29) is 41.0 Å². The van der Waals surface area contributed by atoms with Crippen molar-refractivity contribution in [1.29, 1.82) is 0 Å². The zero-order valence-electron chi connectivity index (χ0n) is 16.7. The summed E-state index contributed by atoms with van der Waals surface area (Å²) in [6, 6.07) is 5.23. The van der Waals surface area contributed by atoms with E-state index in [1.807, 2.05) is 0 Å². The SMILES string of the molecule is Cc1nc(C(=O)Nc2cnn(Cc3ccc(C(C)(F)F)o3)n2)c(-c2cc(F)cc(F)c2)o1. The number of aryl methyl sites for hydroxylation is 1. The molecule has 0 fully saturated rings. The number of amides is 1. The molecule has 12 heteroatoms. The number of rotatable bonds is 6. The average Bonchev–Trinajstić information content (AvgIpc) is 3.41. The predicted octanol–water partition coefficient (Wildman–Crippen LogP) is 4.53. The Balaban J connectivity index is 1.51. The fraction of sp³-hybridized carbons (Fsp3) is 0.200. The van der Waals surface area contributed by atoms with Crippen LogP contribution < -0.4 is 5.32 Å². The van der Waals surface area contributed by atoms with E-state index in [0.29, 0.717) is 13.0 Å². The Bertz CT molecular complexity index is 1270. The van der Waals surface area contributed by atoms with Crippen molar-refractivity contribution in [3.63, 3.8) is 0 Å². The average molecular weight is 449 g/mol. The van der Waals surface area contributed by atoms with Gasteiger partial charge in [-0.25, -0.2) is 13.8 Å². The van der Waals surface area contributed by atoms with Gasteiger partial charge in [-0.05, 0) is 24.3 Å². The number of aromatic nitrogens is 4. The van der Waals surface area contributed by atoms with Gasteiger partial charge in [0.2, 0.25) is 0 Å². The third-order valence-corrected chi connectivity index (χ3v) is 4.24. The first-order chi connectivity index (χ1) is 15.1. The number of benzene rings is 1. The lowest BCUT2D eigenvalue weighted by molar-refractivity contribution is -0.00641. The van der Waals surface area contributed by atoms with Crippen LogP contribution in [0.3, 0.4) is 0 Å². The van der Waals surface area contributed by atoms with E-state index in [4.69, 9.17) is 8.83 Å². The molecule has 1 N–H and O–H groups in total. The van der Waals surface area contributed by atoms with E-state index in [1.165, 1.54) is 19.2 Å². The van der Waals surface area contributed by atoms with Crippen molar-refractivity contribution < 1.29 is 31.2 Å². The van der Waals surface area contributed by atoms with Crippen LogP contribution in [0.2, 0.25) is 0 Å². The molecular formula is C20H15F4N5O3. The maximum absolute atomic E-state index is 13.6. The van der Waals surface area contributed by atoms with E-state index in [2.05, 4.69) is 20.5 Å². The lowest BCUT2D eigenvalue weighted by Gasteiger charge is -2.05. The number of anilines is 1. The second-order valence-electron chi connectivity index (χ2n) is 6.94. The summed E-state index contributed by atoms with van der Waals surface area (Å²) in [7, 11) is 0. The molecule has 0 saturated heterocycles. The smallest absolute Gasteiger partial charge is 0.301 e. The molecule has 0 spiro atoms. The Labute approximate surface area is 177 Å². The van der Waals surface area contributed by atoms with E-state index in [0.717, 1.165) is 23.0 Å². The van der Waals surface area contributed by atoms with Crippen LogP contribution in [-0.4, -0.2) is 25.9 Å². The molecule has 0 bridgehead atoms. The number of furan rings is 1. The normalized spacial score (nSPS) is 11.7. The van der Waals surface area contributed by atoms with Crippen molar-refractivity contribution in [2.75, 3.05) is 5.32 Å². The Morgan fingerprint density at radius 3 is 2.53 bits per heavy atom. The third-order valence-electron chi connectivity index (χ3n) is 4.24. The molecule has 8 nitrogen and oxygen atoms in total. The van der Waals surface area contributed by atoms with Crippen molar-refractivity contribution in [3.05, 3.63) is 71.3 Å². The molecular weight excluding hydrogens is 434 g/mol. The molecule has 4 rings (SSSR count). The molecule has 0 radical (unpaired) electrons.